The molecule has 4 rings (SSSR count). The molecule has 1 fully saturated rings. The van der Waals surface area contributed by atoms with Gasteiger partial charge in [0.2, 0.25) is 0 Å². The van der Waals surface area contributed by atoms with Gasteiger partial charge in [0.25, 0.3) is 5.56 Å². The first-order valence-electron chi connectivity index (χ1n) is 7.29. The summed E-state index contributed by atoms with van der Waals surface area (Å²) < 4.78 is 1.63. The van der Waals surface area contributed by atoms with Gasteiger partial charge >= 0.3 is 0 Å². The molecule has 1 aliphatic rings. The highest BCUT2D eigenvalue weighted by molar-refractivity contribution is 6.31. The largest absolute Gasteiger partial charge is 0.308 e. The second-order valence-corrected chi connectivity index (χ2v) is 6.00. The Morgan fingerprint density at radius 1 is 1.32 bits per heavy atom. The van der Waals surface area contributed by atoms with E-state index in [1.54, 1.807) is 4.68 Å². The summed E-state index contributed by atoms with van der Waals surface area (Å²) in [7, 11) is 0. The van der Waals surface area contributed by atoms with Crippen LogP contribution in [0.15, 0.2) is 29.1 Å². The Bertz CT molecular complexity index is 896. The molecule has 3 aromatic rings. The van der Waals surface area contributed by atoms with Crippen LogP contribution < -0.4 is 5.56 Å². The molecule has 0 amide bonds. The monoisotopic (exact) mass is 315 g/mol. The van der Waals surface area contributed by atoms with Gasteiger partial charge in [0.15, 0.2) is 11.2 Å². The highest BCUT2D eigenvalue weighted by Gasteiger charge is 2.24. The van der Waals surface area contributed by atoms with E-state index in [9.17, 15) is 4.79 Å². The van der Waals surface area contributed by atoms with E-state index in [0.29, 0.717) is 23.1 Å². The Balaban J connectivity index is 1.79. The highest BCUT2D eigenvalue weighted by Crippen LogP contribution is 2.34. The second-order valence-electron chi connectivity index (χ2n) is 5.59. The molecule has 112 valence electrons. The molecule has 1 aliphatic carbocycles. The topological polar surface area (TPSA) is 76.5 Å². The molecule has 0 unspecified atom stereocenters. The van der Waals surface area contributed by atoms with Crippen LogP contribution in [-0.2, 0) is 6.54 Å². The van der Waals surface area contributed by atoms with E-state index in [1.807, 2.05) is 24.3 Å². The summed E-state index contributed by atoms with van der Waals surface area (Å²) in [6.45, 7) is 0.441. The molecule has 0 aliphatic heterocycles. The van der Waals surface area contributed by atoms with E-state index in [-0.39, 0.29) is 11.1 Å². The minimum Gasteiger partial charge on any atom is -0.308 e. The summed E-state index contributed by atoms with van der Waals surface area (Å²) in [6.07, 6.45) is 3.32. The molecule has 0 saturated heterocycles. The molecular formula is C15H14ClN5O. The molecular weight excluding hydrogens is 302 g/mol. The van der Waals surface area contributed by atoms with Crippen molar-refractivity contribution in [3.05, 3.63) is 51.0 Å². The third-order valence-corrected chi connectivity index (χ3v) is 4.53. The first kappa shape index (κ1) is 13.5. The standard InChI is InChI=1S/C15H14ClN5O/c16-11-7-2-1-4-10(11)8-21-14-12(19-20-21)15(22)18-13(17-14)9-5-3-6-9/h1-2,4,7,9H,3,5-6,8H2,(H,17,18,22). The SMILES string of the molecule is O=c1[nH]c(C2CCC2)nc2c1nnn2Cc1ccccc1Cl. The number of fused-ring (bicyclic) bond motifs is 1. The molecule has 1 saturated carbocycles. The van der Waals surface area contributed by atoms with Crippen molar-refractivity contribution in [1.82, 2.24) is 25.0 Å². The van der Waals surface area contributed by atoms with Crippen molar-refractivity contribution >= 4 is 22.8 Å². The van der Waals surface area contributed by atoms with Crippen LogP contribution in [0.4, 0.5) is 0 Å². The van der Waals surface area contributed by atoms with Crippen LogP contribution in [-0.4, -0.2) is 25.0 Å². The lowest BCUT2D eigenvalue weighted by atomic mass is 9.85. The van der Waals surface area contributed by atoms with Crippen molar-refractivity contribution in [2.24, 2.45) is 0 Å². The Hall–Kier alpha value is -2.21. The van der Waals surface area contributed by atoms with Gasteiger partial charge in [-0.15, -0.1) is 5.10 Å². The lowest BCUT2D eigenvalue weighted by Crippen LogP contribution is -2.19. The summed E-state index contributed by atoms with van der Waals surface area (Å²) in [6, 6.07) is 7.55. The molecule has 2 aromatic heterocycles. The number of nitrogens with zero attached hydrogens (tertiary/aromatic N) is 4. The van der Waals surface area contributed by atoms with Crippen molar-refractivity contribution in [3.63, 3.8) is 0 Å². The van der Waals surface area contributed by atoms with Gasteiger partial charge < -0.3 is 4.98 Å². The number of halogens is 1. The first-order valence-corrected chi connectivity index (χ1v) is 7.67. The third kappa shape index (κ3) is 2.20. The maximum Gasteiger partial charge on any atom is 0.281 e. The van der Waals surface area contributed by atoms with E-state index < -0.39 is 0 Å². The summed E-state index contributed by atoms with van der Waals surface area (Å²) >= 11 is 6.19. The van der Waals surface area contributed by atoms with Crippen molar-refractivity contribution in [1.29, 1.82) is 0 Å². The summed E-state index contributed by atoms with van der Waals surface area (Å²) in [5.74, 6) is 1.09. The van der Waals surface area contributed by atoms with Crippen LogP contribution in [0.25, 0.3) is 11.2 Å². The normalized spacial score (nSPS) is 15.1. The van der Waals surface area contributed by atoms with Crippen LogP contribution in [0.1, 0.15) is 36.6 Å². The van der Waals surface area contributed by atoms with Gasteiger partial charge in [0.05, 0.1) is 6.54 Å². The zero-order valence-corrected chi connectivity index (χ0v) is 12.5. The number of H-pyrrole nitrogens is 1. The van der Waals surface area contributed by atoms with Crippen LogP contribution in [0.5, 0.6) is 0 Å². The van der Waals surface area contributed by atoms with Crippen molar-refractivity contribution in [3.8, 4) is 0 Å². The predicted molar refractivity (Wildman–Crippen MR) is 83.1 cm³/mol. The zero-order valence-electron chi connectivity index (χ0n) is 11.8. The van der Waals surface area contributed by atoms with Gasteiger partial charge in [-0.05, 0) is 24.5 Å². The number of hydrogen-bond acceptors (Lipinski definition) is 4. The number of benzene rings is 1. The number of nitrogens with one attached hydrogen (secondary N) is 1. The van der Waals surface area contributed by atoms with Crippen LogP contribution in [0.2, 0.25) is 5.02 Å². The summed E-state index contributed by atoms with van der Waals surface area (Å²) in [4.78, 5) is 19.6. The fourth-order valence-corrected chi connectivity index (χ4v) is 2.85. The quantitative estimate of drug-likeness (QED) is 0.805. The molecule has 0 atom stereocenters. The Morgan fingerprint density at radius 3 is 2.86 bits per heavy atom. The van der Waals surface area contributed by atoms with Gasteiger partial charge in [0.1, 0.15) is 5.82 Å². The van der Waals surface area contributed by atoms with Crippen LogP contribution in [0.3, 0.4) is 0 Å². The zero-order chi connectivity index (χ0) is 15.1. The lowest BCUT2D eigenvalue weighted by molar-refractivity contribution is 0.401. The van der Waals surface area contributed by atoms with E-state index in [0.717, 1.165) is 24.2 Å². The molecule has 7 heteroatoms. The van der Waals surface area contributed by atoms with Gasteiger partial charge in [-0.25, -0.2) is 9.67 Å². The molecule has 0 bridgehead atoms. The smallest absolute Gasteiger partial charge is 0.281 e. The van der Waals surface area contributed by atoms with Crippen molar-refractivity contribution in [2.75, 3.05) is 0 Å². The Morgan fingerprint density at radius 2 is 2.14 bits per heavy atom. The molecule has 0 radical (unpaired) electrons. The van der Waals surface area contributed by atoms with E-state index in [2.05, 4.69) is 20.3 Å². The average Bonchev–Trinajstić information content (AvgIpc) is 2.83. The number of rotatable bonds is 3. The van der Waals surface area contributed by atoms with E-state index >= 15 is 0 Å². The third-order valence-electron chi connectivity index (χ3n) is 4.16. The average molecular weight is 316 g/mol. The van der Waals surface area contributed by atoms with Gasteiger partial charge in [-0.3, -0.25) is 4.79 Å². The van der Waals surface area contributed by atoms with Crippen molar-refractivity contribution < 1.29 is 0 Å². The molecule has 1 aromatic carbocycles. The lowest BCUT2D eigenvalue weighted by Gasteiger charge is -2.23. The number of hydrogen-bond donors (Lipinski definition) is 1. The van der Waals surface area contributed by atoms with Gasteiger partial charge in [0, 0.05) is 10.9 Å². The van der Waals surface area contributed by atoms with Crippen LogP contribution >= 0.6 is 11.6 Å². The maximum absolute atomic E-state index is 12.1. The van der Waals surface area contributed by atoms with Gasteiger partial charge in [-0.1, -0.05) is 41.4 Å². The summed E-state index contributed by atoms with van der Waals surface area (Å²) in [5, 5.41) is 8.68. The first-order chi connectivity index (χ1) is 10.7. The van der Waals surface area contributed by atoms with Crippen molar-refractivity contribution in [2.45, 2.75) is 31.7 Å². The minimum absolute atomic E-state index is 0.225. The fourth-order valence-electron chi connectivity index (χ4n) is 2.65. The highest BCUT2D eigenvalue weighted by atomic mass is 35.5. The number of aromatic amines is 1. The maximum atomic E-state index is 12.1. The molecule has 6 nitrogen and oxygen atoms in total. The predicted octanol–water partition coefficient (Wildman–Crippen LogP) is 2.48. The molecule has 2 heterocycles. The number of aromatic nitrogens is 5. The molecule has 1 N–H and O–H groups in total. The Kier molecular flexibility index (Phi) is 3.18. The Labute approximate surface area is 131 Å². The van der Waals surface area contributed by atoms with Crippen LogP contribution in [0, 0.1) is 0 Å². The van der Waals surface area contributed by atoms with E-state index in [1.165, 1.54) is 6.42 Å². The minimum atomic E-state index is -0.225. The fraction of sp³-hybridized carbons (Fsp3) is 0.333. The molecule has 0 spiro atoms. The van der Waals surface area contributed by atoms with E-state index in [4.69, 9.17) is 11.6 Å². The molecule has 22 heavy (non-hydrogen) atoms. The summed E-state index contributed by atoms with van der Waals surface area (Å²) in [5.41, 5.74) is 1.49. The second kappa shape index (κ2) is 5.21. The van der Waals surface area contributed by atoms with Gasteiger partial charge in [-0.2, -0.15) is 0 Å².